The van der Waals surface area contributed by atoms with Crippen LogP contribution in [0, 0.1) is 5.92 Å². The summed E-state index contributed by atoms with van der Waals surface area (Å²) in [5, 5.41) is 13.1. The molecule has 230 valence electrons. The molecule has 2 fully saturated rings. The van der Waals surface area contributed by atoms with Gasteiger partial charge in [0, 0.05) is 43.7 Å². The lowest BCUT2D eigenvalue weighted by molar-refractivity contribution is -0.119. The van der Waals surface area contributed by atoms with Crippen molar-refractivity contribution in [3.63, 3.8) is 0 Å². The van der Waals surface area contributed by atoms with E-state index in [4.69, 9.17) is 26.4 Å². The number of imidazole rings is 1. The molecular weight excluding hydrogens is 582 g/mol. The van der Waals surface area contributed by atoms with Crippen LogP contribution in [0.1, 0.15) is 51.8 Å². The average Bonchev–Trinajstić information content (AvgIpc) is 3.25. The van der Waals surface area contributed by atoms with Crippen LogP contribution < -0.4 is 15.0 Å². The molecule has 44 heavy (non-hydrogen) atoms. The number of likely N-dealkylation sites (tertiary alicyclic amines) is 1. The minimum atomic E-state index is -0.0727. The molecule has 5 aromatic rings. The van der Waals surface area contributed by atoms with E-state index >= 15 is 0 Å². The highest BCUT2D eigenvalue weighted by atomic mass is 35.5. The zero-order valence-electron chi connectivity index (χ0n) is 25.7. The first-order chi connectivity index (χ1) is 21.0. The SMILES string of the molecule is CN1CC[C@@H](n2nc(Nc3nc4ncc(Oc5cnn6cc(N(C)C(=O)C7CC7)ncc56)c(Cl)c4n3C)cc2C(C)(C)C)C1. The van der Waals surface area contributed by atoms with E-state index in [1.54, 1.807) is 41.3 Å². The lowest BCUT2D eigenvalue weighted by Crippen LogP contribution is -2.28. The van der Waals surface area contributed by atoms with Gasteiger partial charge >= 0.3 is 0 Å². The lowest BCUT2D eigenvalue weighted by Gasteiger charge is -2.23. The highest BCUT2D eigenvalue weighted by Crippen LogP contribution is 2.38. The molecule has 1 N–H and O–H groups in total. The van der Waals surface area contributed by atoms with Crippen LogP contribution in [0.2, 0.25) is 5.02 Å². The number of pyridine rings is 1. The van der Waals surface area contributed by atoms with Crippen LogP contribution in [0.4, 0.5) is 17.6 Å². The Labute approximate surface area is 259 Å². The number of likely N-dealkylation sites (N-methyl/N-ethyl adjacent to an activating group) is 1. The molecule has 1 amide bonds. The Morgan fingerprint density at radius 1 is 1.11 bits per heavy atom. The maximum absolute atomic E-state index is 12.5. The zero-order chi connectivity index (χ0) is 30.9. The summed E-state index contributed by atoms with van der Waals surface area (Å²) < 4.78 is 11.8. The van der Waals surface area contributed by atoms with Crippen molar-refractivity contribution in [2.24, 2.45) is 13.0 Å². The number of carbonyl (C=O) groups is 1. The van der Waals surface area contributed by atoms with Gasteiger partial charge in [0.1, 0.15) is 16.1 Å². The molecule has 1 saturated carbocycles. The molecule has 7 rings (SSSR count). The third-order valence-electron chi connectivity index (χ3n) is 8.44. The van der Waals surface area contributed by atoms with Crippen LogP contribution in [0.15, 0.2) is 30.9 Å². The summed E-state index contributed by atoms with van der Waals surface area (Å²) in [5.74, 6) is 2.80. The molecular formula is C30H36ClN11O2. The highest BCUT2D eigenvalue weighted by molar-refractivity contribution is 6.36. The second kappa shape index (κ2) is 10.4. The van der Waals surface area contributed by atoms with Gasteiger partial charge in [-0.05, 0) is 32.9 Å². The molecule has 13 nitrogen and oxygen atoms in total. The standard InChI is InChI=1S/C30H36ClN11O2/c1-30(2,3)22-11-23(37-42(22)18-9-10-38(4)15-18)35-29-36-27-26(40(29)6)25(31)21(13-33-27)44-20-14-34-41-16-24(32-12-19(20)41)39(5)28(43)17-7-8-17/h11-14,16-18H,7-10,15H2,1-6H3,(H,33,35,36,37)/t18-/m1/s1. The topological polar surface area (TPSA) is 124 Å². The third kappa shape index (κ3) is 5.03. The van der Waals surface area contributed by atoms with Gasteiger partial charge in [-0.2, -0.15) is 15.2 Å². The molecule has 0 radical (unpaired) electrons. The molecule has 1 aliphatic carbocycles. The molecule has 5 aromatic heterocycles. The van der Waals surface area contributed by atoms with Gasteiger partial charge < -0.3 is 19.5 Å². The Morgan fingerprint density at radius 2 is 1.91 bits per heavy atom. The average molecular weight is 618 g/mol. The number of halogens is 1. The van der Waals surface area contributed by atoms with Crippen molar-refractivity contribution >= 4 is 51.8 Å². The van der Waals surface area contributed by atoms with Crippen molar-refractivity contribution < 1.29 is 9.53 Å². The first kappa shape index (κ1) is 28.5. The van der Waals surface area contributed by atoms with Gasteiger partial charge in [0.2, 0.25) is 11.9 Å². The van der Waals surface area contributed by atoms with E-state index in [0.717, 1.165) is 38.2 Å². The summed E-state index contributed by atoms with van der Waals surface area (Å²) in [7, 11) is 5.76. The number of nitrogens with one attached hydrogen (secondary N) is 1. The van der Waals surface area contributed by atoms with Crippen LogP contribution in [0.3, 0.4) is 0 Å². The summed E-state index contributed by atoms with van der Waals surface area (Å²) in [6.45, 7) is 8.64. The Hall–Kier alpha value is -4.23. The number of rotatable bonds is 7. The lowest BCUT2D eigenvalue weighted by atomic mass is 9.91. The second-order valence-electron chi connectivity index (χ2n) is 12.9. The van der Waals surface area contributed by atoms with E-state index in [9.17, 15) is 4.79 Å². The van der Waals surface area contributed by atoms with E-state index in [-0.39, 0.29) is 17.2 Å². The quantitative estimate of drug-likeness (QED) is 0.270. The van der Waals surface area contributed by atoms with Crippen LogP contribution in [-0.4, -0.2) is 76.9 Å². The fourth-order valence-corrected chi connectivity index (χ4v) is 6.05. The zero-order valence-corrected chi connectivity index (χ0v) is 26.5. The smallest absolute Gasteiger partial charge is 0.231 e. The van der Waals surface area contributed by atoms with Gasteiger partial charge in [0.25, 0.3) is 0 Å². The fourth-order valence-electron chi connectivity index (χ4n) is 5.75. The van der Waals surface area contributed by atoms with Gasteiger partial charge in [-0.15, -0.1) is 0 Å². The van der Waals surface area contributed by atoms with Gasteiger partial charge in [0.15, 0.2) is 28.8 Å². The largest absolute Gasteiger partial charge is 0.450 e. The van der Waals surface area contributed by atoms with E-state index < -0.39 is 0 Å². The highest BCUT2D eigenvalue weighted by Gasteiger charge is 2.33. The number of amides is 1. The van der Waals surface area contributed by atoms with Crippen molar-refractivity contribution in [1.29, 1.82) is 0 Å². The van der Waals surface area contributed by atoms with Crippen molar-refractivity contribution in [2.45, 2.75) is 51.5 Å². The van der Waals surface area contributed by atoms with E-state index in [1.807, 2.05) is 11.6 Å². The monoisotopic (exact) mass is 617 g/mol. The van der Waals surface area contributed by atoms with Gasteiger partial charge in [0.05, 0.1) is 30.8 Å². The van der Waals surface area contributed by atoms with Crippen molar-refractivity contribution in [3.8, 4) is 11.5 Å². The molecule has 6 heterocycles. The van der Waals surface area contributed by atoms with Gasteiger partial charge in [-0.1, -0.05) is 32.4 Å². The predicted octanol–water partition coefficient (Wildman–Crippen LogP) is 4.94. The number of aryl methyl sites for hydroxylation is 1. The van der Waals surface area contributed by atoms with Crippen LogP contribution in [0.25, 0.3) is 16.7 Å². The Balaban J connectivity index is 1.15. The first-order valence-electron chi connectivity index (χ1n) is 14.8. The summed E-state index contributed by atoms with van der Waals surface area (Å²) >= 11 is 6.89. The minimum absolute atomic E-state index is 0.0707. The summed E-state index contributed by atoms with van der Waals surface area (Å²) in [4.78, 5) is 30.1. The number of ether oxygens (including phenoxy) is 1. The van der Waals surface area contributed by atoms with E-state index in [2.05, 4.69) is 63.9 Å². The summed E-state index contributed by atoms with van der Waals surface area (Å²) in [5.41, 5.74) is 2.83. The number of carbonyl (C=O) groups excluding carboxylic acids is 1. The van der Waals surface area contributed by atoms with Crippen LogP contribution >= 0.6 is 11.6 Å². The number of anilines is 3. The number of aromatic nitrogens is 8. The predicted molar refractivity (Wildman–Crippen MR) is 168 cm³/mol. The molecule has 14 heteroatoms. The van der Waals surface area contributed by atoms with Crippen molar-refractivity contribution in [2.75, 3.05) is 37.4 Å². The molecule has 2 aliphatic rings. The Kier molecular flexibility index (Phi) is 6.77. The number of hydrogen-bond donors (Lipinski definition) is 1. The third-order valence-corrected chi connectivity index (χ3v) is 8.80. The molecule has 0 bridgehead atoms. The number of hydrogen-bond acceptors (Lipinski definition) is 9. The Morgan fingerprint density at radius 3 is 2.61 bits per heavy atom. The van der Waals surface area contributed by atoms with Crippen LogP contribution in [0.5, 0.6) is 11.5 Å². The Bertz CT molecular complexity index is 1900. The minimum Gasteiger partial charge on any atom is -0.450 e. The molecule has 0 unspecified atom stereocenters. The van der Waals surface area contributed by atoms with Crippen molar-refractivity contribution in [1.82, 2.24) is 43.8 Å². The summed E-state index contributed by atoms with van der Waals surface area (Å²) in [6, 6.07) is 2.43. The first-order valence-corrected chi connectivity index (χ1v) is 15.2. The normalized spacial score (nSPS) is 17.6. The van der Waals surface area contributed by atoms with Gasteiger partial charge in [-0.3, -0.25) is 14.4 Å². The summed E-state index contributed by atoms with van der Waals surface area (Å²) in [6.07, 6.45) is 9.41. The number of fused-ring (bicyclic) bond motifs is 2. The van der Waals surface area contributed by atoms with E-state index in [1.165, 1.54) is 5.69 Å². The maximum Gasteiger partial charge on any atom is 0.231 e. The maximum atomic E-state index is 12.5. The number of nitrogens with zero attached hydrogens (tertiary/aromatic N) is 10. The molecule has 1 saturated heterocycles. The van der Waals surface area contributed by atoms with Gasteiger partial charge in [-0.25, -0.2) is 14.5 Å². The van der Waals surface area contributed by atoms with Crippen molar-refractivity contribution in [3.05, 3.63) is 41.6 Å². The molecule has 1 aliphatic heterocycles. The van der Waals surface area contributed by atoms with E-state index in [0.29, 0.717) is 51.0 Å². The fraction of sp³-hybridized carbons (Fsp3) is 0.467. The molecule has 0 spiro atoms. The molecule has 0 aromatic carbocycles. The van der Waals surface area contributed by atoms with Crippen LogP contribution in [-0.2, 0) is 17.3 Å². The molecule has 1 atom stereocenters. The second-order valence-corrected chi connectivity index (χ2v) is 13.3.